The first kappa shape index (κ1) is 30.6. The van der Waals surface area contributed by atoms with Crippen molar-refractivity contribution in [3.8, 4) is 0 Å². The summed E-state index contributed by atoms with van der Waals surface area (Å²) >= 11 is -0.451. The molecular weight excluding hydrogens is 588 g/mol. The quantitative estimate of drug-likeness (QED) is 0.239. The van der Waals surface area contributed by atoms with Crippen LogP contribution in [0.2, 0.25) is 0 Å². The molecule has 0 aromatic carbocycles. The summed E-state index contributed by atoms with van der Waals surface area (Å²) in [5.74, 6) is 14.7. The maximum atomic E-state index is 4.83. The summed E-state index contributed by atoms with van der Waals surface area (Å²) in [6.45, 7) is 22.0. The predicted molar refractivity (Wildman–Crippen MR) is 113 cm³/mol. The monoisotopic (exact) mass is 616 g/mol. The zero-order valence-electron chi connectivity index (χ0n) is 17.2. The van der Waals surface area contributed by atoms with Crippen LogP contribution in [-0.2, 0) is 30.3 Å². The van der Waals surface area contributed by atoms with E-state index in [-0.39, 0.29) is 30.3 Å². The summed E-state index contributed by atoms with van der Waals surface area (Å²) < 4.78 is 0. The van der Waals surface area contributed by atoms with E-state index in [1.165, 1.54) is 59.2 Å². The van der Waals surface area contributed by atoms with Gasteiger partial charge in [0.25, 0.3) is 0 Å². The van der Waals surface area contributed by atoms with Gasteiger partial charge in [0.2, 0.25) is 0 Å². The Morgan fingerprint density at radius 1 is 0.308 bits per heavy atom. The summed E-state index contributed by atoms with van der Waals surface area (Å²) in [7, 11) is 19.3. The second-order valence-corrected chi connectivity index (χ2v) is 11.3. The SMILES string of the molecule is C[C]1[C](C)[C](C)[C](C)[C]1C.C[C]1[C](C)[C](C)[C](C)[C]1C.[Cl][Rh+][Cl].[Cl][Rh+][Cl]. The predicted octanol–water partition coefficient (Wildman–Crippen LogP) is 8.70. The van der Waals surface area contributed by atoms with Crippen LogP contribution in [0.25, 0.3) is 0 Å². The van der Waals surface area contributed by atoms with Gasteiger partial charge in [0, 0.05) is 0 Å². The Kier molecular flexibility index (Phi) is 19.0. The van der Waals surface area contributed by atoms with Crippen molar-refractivity contribution in [2.75, 3.05) is 0 Å². The third-order valence-corrected chi connectivity index (χ3v) is 5.62. The average Bonchev–Trinajstić information content (AvgIpc) is 2.87. The van der Waals surface area contributed by atoms with Gasteiger partial charge >= 0.3 is 69.1 Å². The van der Waals surface area contributed by atoms with Crippen molar-refractivity contribution < 1.29 is 30.3 Å². The minimum absolute atomic E-state index is 0.226. The summed E-state index contributed by atoms with van der Waals surface area (Å²) in [5, 5.41) is 0. The molecule has 0 heterocycles. The molecule has 2 fully saturated rings. The fourth-order valence-corrected chi connectivity index (χ4v) is 2.81. The van der Waals surface area contributed by atoms with Gasteiger partial charge in [-0.1, -0.05) is 69.2 Å². The van der Waals surface area contributed by atoms with Gasteiger partial charge in [0.05, 0.1) is 0 Å². The molecule has 2 aliphatic rings. The molecule has 154 valence electrons. The molecule has 0 amide bonds. The molecule has 0 atom stereocenters. The van der Waals surface area contributed by atoms with Crippen molar-refractivity contribution in [3.63, 3.8) is 0 Å². The zero-order valence-corrected chi connectivity index (χ0v) is 23.5. The van der Waals surface area contributed by atoms with Gasteiger partial charge in [-0.3, -0.25) is 0 Å². The molecule has 0 bridgehead atoms. The van der Waals surface area contributed by atoms with Crippen LogP contribution in [0, 0.1) is 59.2 Å². The van der Waals surface area contributed by atoms with Gasteiger partial charge in [0.1, 0.15) is 0 Å². The van der Waals surface area contributed by atoms with Gasteiger partial charge in [0.15, 0.2) is 0 Å². The summed E-state index contributed by atoms with van der Waals surface area (Å²) in [4.78, 5) is 0. The van der Waals surface area contributed by atoms with Crippen LogP contribution < -0.4 is 0 Å². The van der Waals surface area contributed by atoms with Crippen LogP contribution in [0.1, 0.15) is 69.2 Å². The van der Waals surface area contributed by atoms with E-state index in [2.05, 4.69) is 69.2 Å². The molecule has 0 spiro atoms. The van der Waals surface area contributed by atoms with Crippen LogP contribution in [0.3, 0.4) is 0 Å². The standard InChI is InChI=1S/2C10H15.4ClH.2Rh/c2*1-6-7(2)9(4)10(5)8(6)3;;;;;;/h2*1-5H3;4*1H;;/q;;;;;;2*+3/p-4. The van der Waals surface area contributed by atoms with E-state index < -0.39 is 0 Å². The Hall–Kier alpha value is 2.41. The van der Waals surface area contributed by atoms with Gasteiger partial charge in [-0.2, -0.15) is 0 Å². The van der Waals surface area contributed by atoms with Crippen molar-refractivity contribution in [1.82, 2.24) is 0 Å². The van der Waals surface area contributed by atoms with E-state index in [1.807, 2.05) is 0 Å². The van der Waals surface area contributed by atoms with Gasteiger partial charge in [-0.25, -0.2) is 0 Å². The zero-order chi connectivity index (χ0) is 21.2. The van der Waals surface area contributed by atoms with Crippen LogP contribution >= 0.6 is 38.8 Å². The van der Waals surface area contributed by atoms with E-state index >= 15 is 0 Å². The molecule has 26 heavy (non-hydrogen) atoms. The Balaban J connectivity index is 0. The summed E-state index contributed by atoms with van der Waals surface area (Å²) in [6.07, 6.45) is 0. The summed E-state index contributed by atoms with van der Waals surface area (Å²) in [5.41, 5.74) is 0. The third kappa shape index (κ3) is 9.48. The van der Waals surface area contributed by atoms with Crippen molar-refractivity contribution in [2.24, 2.45) is 0 Å². The normalized spacial score (nSPS) is 23.6. The van der Waals surface area contributed by atoms with Crippen LogP contribution in [0.4, 0.5) is 0 Å². The molecule has 2 rings (SSSR count). The molecule has 10 radical (unpaired) electrons. The minimum atomic E-state index is -0.226. The molecule has 0 aliphatic heterocycles. The van der Waals surface area contributed by atoms with Crippen molar-refractivity contribution >= 4 is 38.8 Å². The van der Waals surface area contributed by atoms with E-state index in [0.29, 0.717) is 0 Å². The third-order valence-electron chi connectivity index (χ3n) is 5.62. The molecule has 2 aliphatic carbocycles. The molecule has 0 aromatic rings. The van der Waals surface area contributed by atoms with Crippen molar-refractivity contribution in [2.45, 2.75) is 69.2 Å². The molecule has 0 nitrogen and oxygen atoms in total. The fraction of sp³-hybridized carbons (Fsp3) is 0.500. The van der Waals surface area contributed by atoms with Gasteiger partial charge in [-0.15, -0.1) is 0 Å². The van der Waals surface area contributed by atoms with E-state index in [0.717, 1.165) is 0 Å². The Labute approximate surface area is 196 Å². The summed E-state index contributed by atoms with van der Waals surface area (Å²) in [6, 6.07) is 0. The van der Waals surface area contributed by atoms with Gasteiger partial charge < -0.3 is 0 Å². The molecule has 0 unspecified atom stereocenters. The first-order valence-corrected chi connectivity index (χ1v) is 16.4. The number of hydrogen-bond acceptors (Lipinski definition) is 0. The molecular formula is C20H30Cl4Rh2+2. The molecule has 0 saturated heterocycles. The second kappa shape index (κ2) is 16.1. The fourth-order valence-electron chi connectivity index (χ4n) is 2.81. The van der Waals surface area contributed by atoms with Crippen LogP contribution in [0.15, 0.2) is 0 Å². The topological polar surface area (TPSA) is 0 Å². The first-order chi connectivity index (χ1) is 11.9. The molecule has 2 saturated carbocycles. The Morgan fingerprint density at radius 2 is 0.346 bits per heavy atom. The Morgan fingerprint density at radius 3 is 0.385 bits per heavy atom. The van der Waals surface area contributed by atoms with Crippen molar-refractivity contribution in [1.29, 1.82) is 0 Å². The first-order valence-electron chi connectivity index (χ1n) is 8.00. The maximum absolute atomic E-state index is 4.83. The van der Waals surface area contributed by atoms with E-state index in [4.69, 9.17) is 38.8 Å². The molecule has 0 N–H and O–H groups in total. The second-order valence-electron chi connectivity index (χ2n) is 6.35. The van der Waals surface area contributed by atoms with Crippen molar-refractivity contribution in [3.05, 3.63) is 59.2 Å². The van der Waals surface area contributed by atoms with E-state index in [1.54, 1.807) is 0 Å². The van der Waals surface area contributed by atoms with Gasteiger partial charge in [-0.05, 0) is 59.2 Å². The Bertz CT molecular complexity index is 224. The van der Waals surface area contributed by atoms with Crippen LogP contribution in [0.5, 0.6) is 0 Å². The number of hydrogen-bond donors (Lipinski definition) is 0. The molecule has 0 aromatic heterocycles. The number of halogens is 4. The number of rotatable bonds is 0. The average molecular weight is 618 g/mol. The van der Waals surface area contributed by atoms with E-state index in [9.17, 15) is 0 Å². The molecule has 6 heteroatoms. The van der Waals surface area contributed by atoms with Crippen LogP contribution in [-0.4, -0.2) is 0 Å².